The highest BCUT2D eigenvalue weighted by Crippen LogP contribution is 2.20. The Kier molecular flexibility index (Phi) is 14.6. The third-order valence-electron chi connectivity index (χ3n) is 4.34. The van der Waals surface area contributed by atoms with Crippen molar-refractivity contribution in [1.29, 1.82) is 0 Å². The first-order chi connectivity index (χ1) is 15.2. The molecule has 0 spiro atoms. The van der Waals surface area contributed by atoms with Crippen LogP contribution in [0.1, 0.15) is 71.9 Å². The highest BCUT2D eigenvalue weighted by molar-refractivity contribution is 5.37. The molecule has 0 N–H and O–H groups in total. The Hall–Kier alpha value is -1.38. The molecule has 1 rings (SSSR count). The van der Waals surface area contributed by atoms with Gasteiger partial charge in [-0.05, 0) is 54.2 Å². The van der Waals surface area contributed by atoms with Crippen LogP contribution in [0.5, 0.6) is 0 Å². The molecule has 0 atom stereocenters. The van der Waals surface area contributed by atoms with E-state index < -0.39 is 0 Å². The minimum absolute atomic E-state index is 0.231. The minimum atomic E-state index is 0.231. The van der Waals surface area contributed by atoms with Gasteiger partial charge in [0.2, 0.25) is 0 Å². The van der Waals surface area contributed by atoms with Crippen LogP contribution in [-0.2, 0) is 25.4 Å². The molecule has 4 heteroatoms. The standard InChI is InChI=1S/C28H46O4/c1-27(2,3)23-26-13-7-12-25(22-26)14-8-15-29-16-9-17-30-18-10-19-31-20-11-21-32-24-28(4,5)6/h7,12-13,22H,9-11,15-21,23-24H2,1-6H3. The zero-order chi connectivity index (χ0) is 23.7. The number of rotatable bonds is 15. The van der Waals surface area contributed by atoms with Gasteiger partial charge in [0.25, 0.3) is 0 Å². The van der Waals surface area contributed by atoms with E-state index in [1.165, 1.54) is 5.56 Å². The lowest BCUT2D eigenvalue weighted by Gasteiger charge is -2.18. The molecule has 0 aromatic heterocycles. The molecule has 182 valence electrons. The van der Waals surface area contributed by atoms with E-state index in [-0.39, 0.29) is 10.8 Å². The van der Waals surface area contributed by atoms with Gasteiger partial charge in [-0.15, -0.1) is 0 Å². The predicted octanol–water partition coefficient (Wildman–Crippen LogP) is 5.91. The second kappa shape index (κ2) is 16.3. The van der Waals surface area contributed by atoms with E-state index in [4.69, 9.17) is 18.9 Å². The van der Waals surface area contributed by atoms with Crippen LogP contribution in [0.15, 0.2) is 24.3 Å². The Bertz CT molecular complexity index is 658. The Morgan fingerprint density at radius 3 is 1.81 bits per heavy atom. The zero-order valence-electron chi connectivity index (χ0n) is 21.4. The summed E-state index contributed by atoms with van der Waals surface area (Å²) in [5.74, 6) is 6.30. The first-order valence-corrected chi connectivity index (χ1v) is 12.0. The zero-order valence-corrected chi connectivity index (χ0v) is 21.4. The fraction of sp³-hybridized carbons (Fsp3) is 0.714. The molecule has 32 heavy (non-hydrogen) atoms. The lowest BCUT2D eigenvalue weighted by atomic mass is 9.88. The molecule has 0 fully saturated rings. The van der Waals surface area contributed by atoms with Crippen molar-refractivity contribution < 1.29 is 18.9 Å². The summed E-state index contributed by atoms with van der Waals surface area (Å²) in [5.41, 5.74) is 2.90. The highest BCUT2D eigenvalue weighted by Gasteiger charge is 2.11. The third-order valence-corrected chi connectivity index (χ3v) is 4.34. The Morgan fingerprint density at radius 2 is 1.25 bits per heavy atom. The van der Waals surface area contributed by atoms with Crippen molar-refractivity contribution in [2.45, 2.75) is 67.2 Å². The van der Waals surface area contributed by atoms with Gasteiger partial charge in [0.15, 0.2) is 0 Å². The lowest BCUT2D eigenvalue weighted by molar-refractivity contribution is 0.0401. The monoisotopic (exact) mass is 446 g/mol. The maximum Gasteiger partial charge on any atom is 0.108 e. The molecular formula is C28H46O4. The first kappa shape index (κ1) is 28.7. The van der Waals surface area contributed by atoms with Gasteiger partial charge in [-0.3, -0.25) is 0 Å². The second-order valence-corrected chi connectivity index (χ2v) is 10.7. The van der Waals surface area contributed by atoms with Crippen LogP contribution in [0, 0.1) is 22.7 Å². The number of hydrogen-bond acceptors (Lipinski definition) is 4. The van der Waals surface area contributed by atoms with Crippen molar-refractivity contribution in [3.8, 4) is 11.8 Å². The predicted molar refractivity (Wildman–Crippen MR) is 133 cm³/mol. The van der Waals surface area contributed by atoms with Crippen LogP contribution in [-0.4, -0.2) is 52.9 Å². The van der Waals surface area contributed by atoms with Crippen LogP contribution in [0.2, 0.25) is 0 Å². The summed E-state index contributed by atoms with van der Waals surface area (Å²) >= 11 is 0. The molecule has 0 aliphatic carbocycles. The fourth-order valence-corrected chi connectivity index (χ4v) is 3.00. The molecule has 0 saturated heterocycles. The summed E-state index contributed by atoms with van der Waals surface area (Å²) in [5, 5.41) is 0. The average molecular weight is 447 g/mol. The molecule has 0 unspecified atom stereocenters. The van der Waals surface area contributed by atoms with Gasteiger partial charge in [0.1, 0.15) is 6.61 Å². The normalized spacial score (nSPS) is 11.9. The van der Waals surface area contributed by atoms with Crippen molar-refractivity contribution in [3.05, 3.63) is 35.4 Å². The van der Waals surface area contributed by atoms with Crippen LogP contribution in [0.4, 0.5) is 0 Å². The molecule has 0 aliphatic rings. The van der Waals surface area contributed by atoms with Gasteiger partial charge in [0.05, 0.1) is 13.2 Å². The van der Waals surface area contributed by atoms with E-state index in [1.54, 1.807) is 0 Å². The van der Waals surface area contributed by atoms with Gasteiger partial charge in [-0.25, -0.2) is 0 Å². The molecule has 1 aromatic rings. The summed E-state index contributed by atoms with van der Waals surface area (Å²) in [6.45, 7) is 18.9. The summed E-state index contributed by atoms with van der Waals surface area (Å²) in [4.78, 5) is 0. The topological polar surface area (TPSA) is 36.9 Å². The van der Waals surface area contributed by atoms with Crippen LogP contribution in [0.3, 0.4) is 0 Å². The summed E-state index contributed by atoms with van der Waals surface area (Å²) in [7, 11) is 0. The Labute approximate surface area is 197 Å². The quantitative estimate of drug-likeness (QED) is 0.248. The lowest BCUT2D eigenvalue weighted by Crippen LogP contribution is -2.15. The van der Waals surface area contributed by atoms with E-state index in [0.717, 1.165) is 64.3 Å². The van der Waals surface area contributed by atoms with Gasteiger partial charge < -0.3 is 18.9 Å². The summed E-state index contributed by atoms with van der Waals surface area (Å²) in [6.07, 6.45) is 3.80. The number of hydrogen-bond donors (Lipinski definition) is 0. The van der Waals surface area contributed by atoms with E-state index >= 15 is 0 Å². The van der Waals surface area contributed by atoms with Crippen molar-refractivity contribution in [3.63, 3.8) is 0 Å². The summed E-state index contributed by atoms with van der Waals surface area (Å²) < 4.78 is 22.4. The maximum absolute atomic E-state index is 5.62. The van der Waals surface area contributed by atoms with E-state index in [9.17, 15) is 0 Å². The smallest absolute Gasteiger partial charge is 0.108 e. The van der Waals surface area contributed by atoms with Crippen molar-refractivity contribution in [1.82, 2.24) is 0 Å². The van der Waals surface area contributed by atoms with Crippen molar-refractivity contribution in [2.24, 2.45) is 10.8 Å². The molecule has 4 nitrogen and oxygen atoms in total. The van der Waals surface area contributed by atoms with Crippen molar-refractivity contribution >= 4 is 0 Å². The highest BCUT2D eigenvalue weighted by atomic mass is 16.5. The largest absolute Gasteiger partial charge is 0.381 e. The molecule has 0 amide bonds. The van der Waals surface area contributed by atoms with Crippen molar-refractivity contribution in [2.75, 3.05) is 52.9 Å². The third kappa shape index (κ3) is 18.2. The van der Waals surface area contributed by atoms with Gasteiger partial charge in [-0.1, -0.05) is 65.5 Å². The van der Waals surface area contributed by atoms with Crippen LogP contribution >= 0.6 is 0 Å². The Morgan fingerprint density at radius 1 is 0.688 bits per heavy atom. The number of ether oxygens (including phenoxy) is 4. The number of benzene rings is 1. The van der Waals surface area contributed by atoms with Crippen LogP contribution in [0.25, 0.3) is 0 Å². The fourth-order valence-electron chi connectivity index (χ4n) is 3.00. The van der Waals surface area contributed by atoms with Crippen LogP contribution < -0.4 is 0 Å². The molecule has 0 bridgehead atoms. The molecule has 0 heterocycles. The van der Waals surface area contributed by atoms with Gasteiger partial charge in [0, 0.05) is 38.6 Å². The molecular weight excluding hydrogens is 400 g/mol. The SMILES string of the molecule is CC(C)(C)COCCCOCCCOCCCOCC#Cc1cccc(CC(C)(C)C)c1. The first-order valence-electron chi connectivity index (χ1n) is 12.0. The maximum atomic E-state index is 5.62. The minimum Gasteiger partial charge on any atom is -0.381 e. The van der Waals surface area contributed by atoms with E-state index in [2.05, 4.69) is 77.6 Å². The van der Waals surface area contributed by atoms with Gasteiger partial charge in [-0.2, -0.15) is 0 Å². The average Bonchev–Trinajstić information content (AvgIpc) is 2.68. The molecule has 0 saturated carbocycles. The summed E-state index contributed by atoms with van der Waals surface area (Å²) in [6, 6.07) is 8.48. The van der Waals surface area contributed by atoms with Gasteiger partial charge >= 0.3 is 0 Å². The van der Waals surface area contributed by atoms with E-state index in [1.807, 2.05) is 0 Å². The molecule has 1 aromatic carbocycles. The Balaban J connectivity index is 1.93. The molecule has 0 aliphatic heterocycles. The molecule has 0 radical (unpaired) electrons. The van der Waals surface area contributed by atoms with E-state index in [0.29, 0.717) is 19.8 Å². The second-order valence-electron chi connectivity index (χ2n) is 10.7.